The predicted octanol–water partition coefficient (Wildman–Crippen LogP) is 3.53. The Kier molecular flexibility index (Phi) is 9.85. The van der Waals surface area contributed by atoms with Gasteiger partial charge in [-0.2, -0.15) is 0 Å². The van der Waals surface area contributed by atoms with Gasteiger partial charge in [0.2, 0.25) is 5.91 Å². The van der Waals surface area contributed by atoms with Gasteiger partial charge in [-0.25, -0.2) is 4.99 Å². The van der Waals surface area contributed by atoms with Crippen LogP contribution >= 0.6 is 24.0 Å². The third-order valence-electron chi connectivity index (χ3n) is 4.01. The van der Waals surface area contributed by atoms with E-state index in [1.165, 1.54) is 0 Å². The molecular formula is C19H31IN4O. The third-order valence-corrected chi connectivity index (χ3v) is 4.01. The monoisotopic (exact) mass is 458 g/mol. The van der Waals surface area contributed by atoms with Crippen LogP contribution in [0.4, 0.5) is 5.69 Å². The minimum atomic E-state index is 0. The third kappa shape index (κ3) is 7.22. The van der Waals surface area contributed by atoms with E-state index in [0.29, 0.717) is 18.9 Å². The maximum absolute atomic E-state index is 12.0. The zero-order chi connectivity index (χ0) is 17.4. The van der Waals surface area contributed by atoms with Crippen molar-refractivity contribution in [3.63, 3.8) is 0 Å². The van der Waals surface area contributed by atoms with Gasteiger partial charge in [-0.3, -0.25) is 4.79 Å². The lowest BCUT2D eigenvalue weighted by Gasteiger charge is -2.26. The standard InChI is InChI=1S/C19H30N4O.HI/c1-4-20-19(21-13-15(2)3)22-14-16-8-10-17(11-9-16)23-12-6-5-7-18(23)24;/h8-11,15H,4-7,12-14H2,1-3H3,(H2,20,21,22);1H. The van der Waals surface area contributed by atoms with E-state index in [0.717, 1.165) is 49.7 Å². The fraction of sp³-hybridized carbons (Fsp3) is 0.579. The van der Waals surface area contributed by atoms with Crippen LogP contribution in [0.2, 0.25) is 0 Å². The zero-order valence-electron chi connectivity index (χ0n) is 15.5. The number of guanidine groups is 1. The Bertz CT molecular complexity index is 557. The molecule has 1 fully saturated rings. The van der Waals surface area contributed by atoms with Crippen LogP contribution < -0.4 is 15.5 Å². The molecule has 0 saturated carbocycles. The molecule has 1 heterocycles. The predicted molar refractivity (Wildman–Crippen MR) is 116 cm³/mol. The largest absolute Gasteiger partial charge is 0.357 e. The lowest BCUT2D eigenvalue weighted by Crippen LogP contribution is -2.39. The first-order valence-corrected chi connectivity index (χ1v) is 9.01. The van der Waals surface area contributed by atoms with Gasteiger partial charge in [0.05, 0.1) is 6.54 Å². The summed E-state index contributed by atoms with van der Waals surface area (Å²) in [5.41, 5.74) is 2.14. The van der Waals surface area contributed by atoms with E-state index in [1.807, 2.05) is 17.0 Å². The van der Waals surface area contributed by atoms with Crippen LogP contribution in [-0.2, 0) is 11.3 Å². The molecule has 0 unspecified atom stereocenters. The van der Waals surface area contributed by atoms with Crippen LogP contribution in [0.3, 0.4) is 0 Å². The van der Waals surface area contributed by atoms with Crippen LogP contribution in [0.15, 0.2) is 29.3 Å². The number of benzene rings is 1. The first-order chi connectivity index (χ1) is 11.6. The second kappa shape index (κ2) is 11.3. The molecule has 1 saturated heterocycles. The van der Waals surface area contributed by atoms with Gasteiger partial charge in [0, 0.05) is 31.7 Å². The molecule has 0 atom stereocenters. The van der Waals surface area contributed by atoms with Gasteiger partial charge in [0.15, 0.2) is 5.96 Å². The Morgan fingerprint density at radius 2 is 1.92 bits per heavy atom. The first kappa shape index (κ1) is 21.7. The molecule has 0 spiro atoms. The van der Waals surface area contributed by atoms with Crippen molar-refractivity contribution in [1.82, 2.24) is 10.6 Å². The molecule has 2 N–H and O–H groups in total. The summed E-state index contributed by atoms with van der Waals surface area (Å²) in [6, 6.07) is 8.19. The quantitative estimate of drug-likeness (QED) is 0.390. The number of nitrogens with one attached hydrogen (secondary N) is 2. The highest BCUT2D eigenvalue weighted by atomic mass is 127. The highest BCUT2D eigenvalue weighted by Gasteiger charge is 2.19. The molecule has 1 aliphatic heterocycles. The Morgan fingerprint density at radius 3 is 2.52 bits per heavy atom. The van der Waals surface area contributed by atoms with Crippen molar-refractivity contribution in [3.05, 3.63) is 29.8 Å². The van der Waals surface area contributed by atoms with E-state index in [4.69, 9.17) is 0 Å². The molecule has 0 aliphatic carbocycles. The van der Waals surface area contributed by atoms with Crippen LogP contribution in [0.25, 0.3) is 0 Å². The minimum Gasteiger partial charge on any atom is -0.357 e. The van der Waals surface area contributed by atoms with Gasteiger partial charge in [-0.05, 0) is 43.4 Å². The van der Waals surface area contributed by atoms with Gasteiger partial charge in [-0.1, -0.05) is 26.0 Å². The lowest BCUT2D eigenvalue weighted by atomic mass is 10.1. The van der Waals surface area contributed by atoms with E-state index in [1.54, 1.807) is 0 Å². The molecule has 2 rings (SSSR count). The van der Waals surface area contributed by atoms with Crippen molar-refractivity contribution < 1.29 is 4.79 Å². The summed E-state index contributed by atoms with van der Waals surface area (Å²) >= 11 is 0. The van der Waals surface area contributed by atoms with Crippen molar-refractivity contribution in [3.8, 4) is 0 Å². The molecule has 25 heavy (non-hydrogen) atoms. The second-order valence-electron chi connectivity index (χ2n) is 6.64. The number of aliphatic imine (C=N–C) groups is 1. The molecule has 1 aliphatic rings. The number of carbonyl (C=O) groups is 1. The summed E-state index contributed by atoms with van der Waals surface area (Å²) in [5.74, 6) is 1.66. The summed E-state index contributed by atoms with van der Waals surface area (Å²) < 4.78 is 0. The number of amides is 1. The SMILES string of the molecule is CCNC(=NCc1ccc(N2CCCCC2=O)cc1)NCC(C)C.I. The highest BCUT2D eigenvalue weighted by Crippen LogP contribution is 2.21. The number of anilines is 1. The molecule has 0 aromatic heterocycles. The normalized spacial score (nSPS) is 15.1. The van der Waals surface area contributed by atoms with Crippen LogP contribution in [-0.4, -0.2) is 31.5 Å². The van der Waals surface area contributed by atoms with Crippen molar-refractivity contribution in [1.29, 1.82) is 0 Å². The number of halogens is 1. The Morgan fingerprint density at radius 1 is 1.20 bits per heavy atom. The van der Waals surface area contributed by atoms with E-state index in [9.17, 15) is 4.79 Å². The number of carbonyl (C=O) groups excluding carboxylic acids is 1. The second-order valence-corrected chi connectivity index (χ2v) is 6.64. The first-order valence-electron chi connectivity index (χ1n) is 9.01. The Hall–Kier alpha value is -1.31. The summed E-state index contributed by atoms with van der Waals surface area (Å²) in [7, 11) is 0. The Labute approximate surface area is 168 Å². The number of rotatable bonds is 6. The smallest absolute Gasteiger partial charge is 0.226 e. The summed E-state index contributed by atoms with van der Waals surface area (Å²) in [5, 5.41) is 6.61. The number of nitrogens with zero attached hydrogens (tertiary/aromatic N) is 2. The molecule has 0 bridgehead atoms. The van der Waals surface area contributed by atoms with Gasteiger partial charge in [0.1, 0.15) is 0 Å². The fourth-order valence-corrected chi connectivity index (χ4v) is 2.67. The molecule has 6 heteroatoms. The topological polar surface area (TPSA) is 56.7 Å². The van der Waals surface area contributed by atoms with E-state index in [2.05, 4.69) is 48.5 Å². The van der Waals surface area contributed by atoms with E-state index < -0.39 is 0 Å². The molecule has 1 aromatic rings. The maximum atomic E-state index is 12.0. The van der Waals surface area contributed by atoms with Crippen molar-refractivity contribution >= 4 is 41.5 Å². The van der Waals surface area contributed by atoms with Gasteiger partial charge in [-0.15, -0.1) is 24.0 Å². The average molecular weight is 458 g/mol. The van der Waals surface area contributed by atoms with Crippen LogP contribution in [0.1, 0.15) is 45.6 Å². The van der Waals surface area contributed by atoms with E-state index in [-0.39, 0.29) is 29.9 Å². The average Bonchev–Trinajstić information content (AvgIpc) is 2.58. The van der Waals surface area contributed by atoms with Gasteiger partial charge >= 0.3 is 0 Å². The number of hydrogen-bond acceptors (Lipinski definition) is 2. The molecule has 0 radical (unpaired) electrons. The van der Waals surface area contributed by atoms with Gasteiger partial charge < -0.3 is 15.5 Å². The lowest BCUT2D eigenvalue weighted by molar-refractivity contribution is -0.119. The van der Waals surface area contributed by atoms with Crippen molar-refractivity contribution in [2.24, 2.45) is 10.9 Å². The van der Waals surface area contributed by atoms with Crippen molar-refractivity contribution in [2.75, 3.05) is 24.5 Å². The van der Waals surface area contributed by atoms with Crippen LogP contribution in [0, 0.1) is 5.92 Å². The van der Waals surface area contributed by atoms with Gasteiger partial charge in [0.25, 0.3) is 0 Å². The molecule has 1 amide bonds. The highest BCUT2D eigenvalue weighted by molar-refractivity contribution is 14.0. The minimum absolute atomic E-state index is 0. The summed E-state index contributed by atoms with van der Waals surface area (Å²) in [6.45, 7) is 9.63. The fourth-order valence-electron chi connectivity index (χ4n) is 2.67. The zero-order valence-corrected chi connectivity index (χ0v) is 17.9. The van der Waals surface area contributed by atoms with Crippen molar-refractivity contribution in [2.45, 2.75) is 46.6 Å². The summed E-state index contributed by atoms with van der Waals surface area (Å²) in [4.78, 5) is 18.5. The molecule has 140 valence electrons. The summed E-state index contributed by atoms with van der Waals surface area (Å²) in [6.07, 6.45) is 2.77. The molecule has 5 nitrogen and oxygen atoms in total. The Balaban J connectivity index is 0.00000312. The van der Waals surface area contributed by atoms with E-state index >= 15 is 0 Å². The number of hydrogen-bond donors (Lipinski definition) is 2. The van der Waals surface area contributed by atoms with Crippen LogP contribution in [0.5, 0.6) is 0 Å². The maximum Gasteiger partial charge on any atom is 0.226 e. The number of piperidine rings is 1. The molecular weight excluding hydrogens is 427 g/mol. The molecule has 1 aromatic carbocycles.